The molecule has 0 aromatic carbocycles. The summed E-state index contributed by atoms with van der Waals surface area (Å²) in [4.78, 5) is 11.7. The third-order valence-electron chi connectivity index (χ3n) is 3.07. The number of nitrogens with one attached hydrogen (secondary N) is 2. The molecule has 2 fully saturated rings. The molecule has 0 aromatic heterocycles. The summed E-state index contributed by atoms with van der Waals surface area (Å²) in [7, 11) is 0. The number of nitrogens with zero attached hydrogens (tertiary/aromatic N) is 1. The van der Waals surface area contributed by atoms with Crippen LogP contribution in [0.15, 0.2) is 0 Å². The normalized spacial score (nSPS) is 27.6. The lowest BCUT2D eigenvalue weighted by molar-refractivity contribution is -0.127. The predicted molar refractivity (Wildman–Crippen MR) is 60.8 cm³/mol. The van der Waals surface area contributed by atoms with Crippen LogP contribution in [0.5, 0.6) is 0 Å². The van der Waals surface area contributed by atoms with Crippen LogP contribution in [0.4, 0.5) is 0 Å². The van der Waals surface area contributed by atoms with Gasteiger partial charge in [0.2, 0.25) is 5.91 Å². The van der Waals surface area contributed by atoms with E-state index in [4.69, 9.17) is 4.74 Å². The maximum Gasteiger partial charge on any atom is 0.235 e. The van der Waals surface area contributed by atoms with Gasteiger partial charge in [0.15, 0.2) is 0 Å². The molecule has 92 valence electrons. The van der Waals surface area contributed by atoms with Gasteiger partial charge in [0, 0.05) is 32.1 Å². The molecule has 0 aliphatic carbocycles. The van der Waals surface area contributed by atoms with Crippen LogP contribution >= 0.6 is 0 Å². The third kappa shape index (κ3) is 3.73. The molecule has 0 spiro atoms. The lowest BCUT2D eigenvalue weighted by atomic mass is 10.1. The van der Waals surface area contributed by atoms with E-state index in [0.29, 0.717) is 13.0 Å². The van der Waals surface area contributed by atoms with E-state index in [0.717, 1.165) is 26.2 Å². The number of rotatable bonds is 3. The zero-order valence-corrected chi connectivity index (χ0v) is 9.71. The maximum atomic E-state index is 11.7. The van der Waals surface area contributed by atoms with Gasteiger partial charge in [-0.15, -0.1) is 0 Å². The smallest absolute Gasteiger partial charge is 0.235 e. The molecule has 2 aliphatic heterocycles. The largest absolute Gasteiger partial charge is 0.378 e. The Balaban J connectivity index is 1.66. The first-order valence-corrected chi connectivity index (χ1v) is 6.20. The summed E-state index contributed by atoms with van der Waals surface area (Å²) in [6.45, 7) is 4.22. The molecule has 2 rings (SSSR count). The van der Waals surface area contributed by atoms with Crippen molar-refractivity contribution in [2.24, 2.45) is 0 Å². The summed E-state index contributed by atoms with van der Waals surface area (Å²) in [5, 5.41) is 5.32. The number of piperidine rings is 1. The summed E-state index contributed by atoms with van der Waals surface area (Å²) in [5.41, 5.74) is 2.96. The molecule has 0 radical (unpaired) electrons. The molecule has 2 aliphatic rings. The molecule has 1 atom stereocenters. The number of amides is 1. The fraction of sp³-hybridized carbons (Fsp3) is 0.909. The second-order valence-electron chi connectivity index (χ2n) is 4.51. The average Bonchev–Trinajstić information content (AvgIpc) is 2.31. The fourth-order valence-corrected chi connectivity index (χ4v) is 2.20. The van der Waals surface area contributed by atoms with Gasteiger partial charge in [0.1, 0.15) is 0 Å². The van der Waals surface area contributed by atoms with Crippen molar-refractivity contribution in [2.75, 3.05) is 32.8 Å². The average molecular weight is 227 g/mol. The third-order valence-corrected chi connectivity index (χ3v) is 3.07. The van der Waals surface area contributed by atoms with Crippen LogP contribution in [-0.4, -0.2) is 49.8 Å². The second-order valence-corrected chi connectivity index (χ2v) is 4.51. The maximum absolute atomic E-state index is 11.7. The highest BCUT2D eigenvalue weighted by Gasteiger charge is 2.19. The minimum atomic E-state index is 0.102. The molecule has 1 unspecified atom stereocenters. The zero-order chi connectivity index (χ0) is 11.2. The van der Waals surface area contributed by atoms with E-state index in [1.54, 1.807) is 0 Å². The fourth-order valence-electron chi connectivity index (χ4n) is 2.20. The van der Waals surface area contributed by atoms with Gasteiger partial charge in [0.05, 0.1) is 13.2 Å². The van der Waals surface area contributed by atoms with Gasteiger partial charge >= 0.3 is 0 Å². The molecule has 2 N–H and O–H groups in total. The van der Waals surface area contributed by atoms with Crippen molar-refractivity contribution in [2.45, 2.75) is 31.7 Å². The van der Waals surface area contributed by atoms with Crippen LogP contribution in [-0.2, 0) is 9.53 Å². The highest BCUT2D eigenvalue weighted by Crippen LogP contribution is 2.06. The van der Waals surface area contributed by atoms with Gasteiger partial charge in [-0.2, -0.15) is 0 Å². The first kappa shape index (κ1) is 11.8. The van der Waals surface area contributed by atoms with Gasteiger partial charge in [0.25, 0.3) is 0 Å². The Labute approximate surface area is 96.5 Å². The van der Waals surface area contributed by atoms with Gasteiger partial charge in [-0.3, -0.25) is 10.2 Å². The molecule has 2 heterocycles. The number of hydrogen-bond donors (Lipinski definition) is 2. The first-order chi connectivity index (χ1) is 7.84. The van der Waals surface area contributed by atoms with Crippen molar-refractivity contribution >= 4 is 5.91 Å². The molecule has 5 nitrogen and oxygen atoms in total. The monoisotopic (exact) mass is 227 g/mol. The van der Waals surface area contributed by atoms with Crippen molar-refractivity contribution in [1.29, 1.82) is 0 Å². The number of morpholine rings is 1. The van der Waals surface area contributed by atoms with Crippen molar-refractivity contribution in [3.63, 3.8) is 0 Å². The number of hydrazine groups is 1. The van der Waals surface area contributed by atoms with Gasteiger partial charge in [-0.05, 0) is 12.8 Å². The minimum Gasteiger partial charge on any atom is -0.378 e. The predicted octanol–water partition coefficient (Wildman–Crippen LogP) is -0.118. The van der Waals surface area contributed by atoms with E-state index in [1.165, 1.54) is 19.3 Å². The van der Waals surface area contributed by atoms with Crippen molar-refractivity contribution in [3.8, 4) is 0 Å². The van der Waals surface area contributed by atoms with E-state index < -0.39 is 0 Å². The molecular formula is C11H21N3O2. The number of carbonyl (C=O) groups excluding carboxylic acids is 1. The lowest BCUT2D eigenvalue weighted by Gasteiger charge is -2.28. The van der Waals surface area contributed by atoms with E-state index in [1.807, 2.05) is 5.01 Å². The summed E-state index contributed by atoms with van der Waals surface area (Å²) in [5.74, 6) is 0.102. The highest BCUT2D eigenvalue weighted by atomic mass is 16.5. The van der Waals surface area contributed by atoms with Crippen molar-refractivity contribution in [3.05, 3.63) is 0 Å². The number of carbonyl (C=O) groups is 1. The SMILES string of the molecule is O=C(CC1COCCN1)NN1CCCCC1. The topological polar surface area (TPSA) is 53.6 Å². The minimum absolute atomic E-state index is 0.102. The van der Waals surface area contributed by atoms with Crippen LogP contribution in [0.25, 0.3) is 0 Å². The van der Waals surface area contributed by atoms with E-state index in [9.17, 15) is 4.79 Å². The standard InChI is InChI=1S/C11H21N3O2/c15-11(8-10-9-16-7-4-12-10)13-14-5-2-1-3-6-14/h10,12H,1-9H2,(H,13,15). The zero-order valence-electron chi connectivity index (χ0n) is 9.71. The van der Waals surface area contributed by atoms with Crippen molar-refractivity contribution in [1.82, 2.24) is 15.8 Å². The molecule has 2 saturated heterocycles. The van der Waals surface area contributed by atoms with E-state index >= 15 is 0 Å². The van der Waals surface area contributed by atoms with Gasteiger partial charge in [-0.1, -0.05) is 6.42 Å². The Morgan fingerprint density at radius 2 is 2.19 bits per heavy atom. The molecular weight excluding hydrogens is 206 g/mol. The van der Waals surface area contributed by atoms with Crippen LogP contribution < -0.4 is 10.7 Å². The Morgan fingerprint density at radius 1 is 1.38 bits per heavy atom. The van der Waals surface area contributed by atoms with Crippen LogP contribution in [0, 0.1) is 0 Å². The van der Waals surface area contributed by atoms with E-state index in [-0.39, 0.29) is 11.9 Å². The molecule has 0 aromatic rings. The van der Waals surface area contributed by atoms with Gasteiger partial charge < -0.3 is 10.1 Å². The van der Waals surface area contributed by atoms with E-state index in [2.05, 4.69) is 10.7 Å². The number of ether oxygens (including phenoxy) is 1. The Kier molecular flexibility index (Phi) is 4.56. The Morgan fingerprint density at radius 3 is 2.88 bits per heavy atom. The second kappa shape index (κ2) is 6.18. The van der Waals surface area contributed by atoms with Crippen molar-refractivity contribution < 1.29 is 9.53 Å². The summed E-state index contributed by atoms with van der Waals surface area (Å²) < 4.78 is 5.32. The van der Waals surface area contributed by atoms with Crippen LogP contribution in [0.1, 0.15) is 25.7 Å². The highest BCUT2D eigenvalue weighted by molar-refractivity contribution is 5.76. The first-order valence-electron chi connectivity index (χ1n) is 6.20. The molecule has 16 heavy (non-hydrogen) atoms. The molecule has 1 amide bonds. The summed E-state index contributed by atoms with van der Waals surface area (Å²) in [6, 6.07) is 0.179. The Bertz CT molecular complexity index is 201. The number of hydrogen-bond acceptors (Lipinski definition) is 4. The van der Waals surface area contributed by atoms with Crippen LogP contribution in [0.2, 0.25) is 0 Å². The quantitative estimate of drug-likeness (QED) is 0.706. The molecule has 0 bridgehead atoms. The summed E-state index contributed by atoms with van der Waals surface area (Å²) >= 11 is 0. The molecule has 5 heteroatoms. The van der Waals surface area contributed by atoms with Crippen LogP contribution in [0.3, 0.4) is 0 Å². The lowest BCUT2D eigenvalue weighted by Crippen LogP contribution is -2.49. The Hall–Kier alpha value is -0.650. The summed E-state index contributed by atoms with van der Waals surface area (Å²) in [6.07, 6.45) is 4.16. The molecule has 0 saturated carbocycles. The van der Waals surface area contributed by atoms with Gasteiger partial charge in [-0.25, -0.2) is 5.01 Å².